The Morgan fingerprint density at radius 3 is 1.40 bits per heavy atom. The van der Waals surface area contributed by atoms with Crippen LogP contribution in [0.3, 0.4) is 0 Å². The molecule has 0 saturated carbocycles. The van der Waals surface area contributed by atoms with Crippen LogP contribution < -0.4 is 0 Å². The van der Waals surface area contributed by atoms with E-state index in [4.69, 9.17) is 9.47 Å². The van der Waals surface area contributed by atoms with Crippen LogP contribution in [0.1, 0.15) is 37.8 Å². The van der Waals surface area contributed by atoms with Crippen molar-refractivity contribution < 1.29 is 9.47 Å². The Labute approximate surface area is 154 Å². The Balaban J connectivity index is 2.22. The van der Waals surface area contributed by atoms with Gasteiger partial charge in [-0.2, -0.15) is 0 Å². The highest BCUT2D eigenvalue weighted by atomic mass is 28.3. The summed E-state index contributed by atoms with van der Waals surface area (Å²) in [6, 6.07) is 23.9. The van der Waals surface area contributed by atoms with Crippen LogP contribution >= 0.6 is 0 Å². The minimum absolute atomic E-state index is 0.839. The van der Waals surface area contributed by atoms with Gasteiger partial charge in [-0.05, 0) is 24.9 Å². The molecule has 2 aromatic carbocycles. The second-order valence-corrected chi connectivity index (χ2v) is 11.2. The fraction of sp³-hybridized carbons (Fsp3) is 0.455. The van der Waals surface area contributed by atoms with Crippen LogP contribution in [0, 0.1) is 0 Å². The number of hydrogen-bond donors (Lipinski definition) is 0. The fourth-order valence-corrected chi connectivity index (χ4v) is 7.21. The van der Waals surface area contributed by atoms with Gasteiger partial charge in [0.05, 0.1) is 0 Å². The van der Waals surface area contributed by atoms with Gasteiger partial charge in [-0.3, -0.25) is 0 Å². The van der Waals surface area contributed by atoms with Gasteiger partial charge < -0.3 is 9.47 Å². The van der Waals surface area contributed by atoms with E-state index in [1.165, 1.54) is 11.1 Å². The lowest BCUT2D eigenvalue weighted by Crippen LogP contribution is -2.51. The first-order valence-electron chi connectivity index (χ1n) is 9.51. The SMILES string of the molecule is CCCOC[Si](COCCC)(Cc1ccccc1)Cc1ccccc1. The van der Waals surface area contributed by atoms with Crippen molar-refractivity contribution in [1.29, 1.82) is 0 Å². The highest BCUT2D eigenvalue weighted by molar-refractivity contribution is 6.78. The summed E-state index contributed by atoms with van der Waals surface area (Å²) in [4.78, 5) is 0. The van der Waals surface area contributed by atoms with Crippen molar-refractivity contribution in [1.82, 2.24) is 0 Å². The number of rotatable bonds is 12. The zero-order valence-corrected chi connectivity index (χ0v) is 16.7. The Morgan fingerprint density at radius 1 is 0.640 bits per heavy atom. The molecule has 0 radical (unpaired) electrons. The van der Waals surface area contributed by atoms with Gasteiger partial charge >= 0.3 is 0 Å². The molecule has 0 aliphatic rings. The molecule has 2 nitrogen and oxygen atoms in total. The summed E-state index contributed by atoms with van der Waals surface area (Å²) < 4.78 is 12.2. The summed E-state index contributed by atoms with van der Waals surface area (Å²) >= 11 is 0. The van der Waals surface area contributed by atoms with E-state index in [9.17, 15) is 0 Å². The molecule has 2 rings (SSSR count). The predicted molar refractivity (Wildman–Crippen MR) is 108 cm³/mol. The third-order valence-corrected chi connectivity index (χ3v) is 8.31. The highest BCUT2D eigenvalue weighted by Crippen LogP contribution is 2.20. The summed E-state index contributed by atoms with van der Waals surface area (Å²) in [5, 5.41) is 0. The molecule has 0 bridgehead atoms. The Hall–Kier alpha value is -1.42. The lowest BCUT2D eigenvalue weighted by Gasteiger charge is -2.32. The molecule has 0 unspecified atom stereocenters. The van der Waals surface area contributed by atoms with Crippen LogP contribution in [-0.4, -0.2) is 33.7 Å². The van der Waals surface area contributed by atoms with Gasteiger partial charge in [0.25, 0.3) is 0 Å². The fourth-order valence-electron chi connectivity index (χ4n) is 3.23. The van der Waals surface area contributed by atoms with Gasteiger partial charge in [0.15, 0.2) is 0 Å². The van der Waals surface area contributed by atoms with Crippen LogP contribution in [0.4, 0.5) is 0 Å². The van der Waals surface area contributed by atoms with Crippen LogP contribution in [0.15, 0.2) is 60.7 Å². The van der Waals surface area contributed by atoms with Crippen LogP contribution in [-0.2, 0) is 21.6 Å². The summed E-state index contributed by atoms with van der Waals surface area (Å²) in [6.07, 6.45) is 3.87. The molecule has 3 heteroatoms. The van der Waals surface area contributed by atoms with E-state index < -0.39 is 8.07 Å². The molecule has 0 spiro atoms. The number of ether oxygens (including phenoxy) is 2. The smallest absolute Gasteiger partial charge is 0.121 e. The van der Waals surface area contributed by atoms with Crippen molar-refractivity contribution in [2.45, 2.75) is 38.8 Å². The second kappa shape index (κ2) is 11.2. The molecule has 0 amide bonds. The lowest BCUT2D eigenvalue weighted by atomic mass is 10.2. The summed E-state index contributed by atoms with van der Waals surface area (Å²) in [6.45, 7) is 6.02. The molecule has 25 heavy (non-hydrogen) atoms. The van der Waals surface area contributed by atoms with E-state index in [1.54, 1.807) is 0 Å². The topological polar surface area (TPSA) is 18.5 Å². The van der Waals surface area contributed by atoms with E-state index in [2.05, 4.69) is 74.5 Å². The first-order valence-corrected chi connectivity index (χ1v) is 12.3. The number of benzene rings is 2. The van der Waals surface area contributed by atoms with Gasteiger partial charge in [0, 0.05) is 25.7 Å². The predicted octanol–water partition coefficient (Wildman–Crippen LogP) is 4.93. The van der Waals surface area contributed by atoms with Crippen LogP contribution in [0.5, 0.6) is 0 Å². The molecule has 136 valence electrons. The standard InChI is InChI=1S/C22H32O2Si/c1-3-15-23-19-25(20-24-16-4-2,17-21-11-7-5-8-12-21)18-22-13-9-6-10-14-22/h5-14H,3-4,15-20H2,1-2H3. The maximum Gasteiger partial charge on any atom is 0.121 e. The molecular formula is C22H32O2Si. The molecule has 2 aromatic rings. The summed E-state index contributed by atoms with van der Waals surface area (Å²) in [5.41, 5.74) is 2.82. The van der Waals surface area contributed by atoms with Gasteiger partial charge in [-0.15, -0.1) is 0 Å². The minimum Gasteiger partial charge on any atom is -0.385 e. The molecular weight excluding hydrogens is 324 g/mol. The minimum atomic E-state index is -1.80. The molecule has 0 saturated heterocycles. The Bertz CT molecular complexity index is 518. The first kappa shape index (κ1) is 19.9. The van der Waals surface area contributed by atoms with Gasteiger partial charge in [-0.1, -0.05) is 85.6 Å². The average molecular weight is 357 g/mol. The molecule has 0 aromatic heterocycles. The van der Waals surface area contributed by atoms with E-state index >= 15 is 0 Å². The molecule has 0 aliphatic carbocycles. The largest absolute Gasteiger partial charge is 0.385 e. The third-order valence-electron chi connectivity index (χ3n) is 4.36. The van der Waals surface area contributed by atoms with Crippen molar-refractivity contribution in [2.75, 3.05) is 25.7 Å². The van der Waals surface area contributed by atoms with E-state index in [-0.39, 0.29) is 0 Å². The maximum atomic E-state index is 6.11. The van der Waals surface area contributed by atoms with Gasteiger partial charge in [0.1, 0.15) is 8.07 Å². The normalized spacial score (nSPS) is 11.6. The first-order chi connectivity index (χ1) is 12.3. The van der Waals surface area contributed by atoms with Crippen molar-refractivity contribution in [3.05, 3.63) is 71.8 Å². The maximum absolute atomic E-state index is 6.11. The van der Waals surface area contributed by atoms with Crippen LogP contribution in [0.25, 0.3) is 0 Å². The number of hydrogen-bond acceptors (Lipinski definition) is 2. The van der Waals surface area contributed by atoms with Crippen molar-refractivity contribution in [3.63, 3.8) is 0 Å². The lowest BCUT2D eigenvalue weighted by molar-refractivity contribution is 0.147. The summed E-state index contributed by atoms with van der Waals surface area (Å²) in [7, 11) is -1.80. The Morgan fingerprint density at radius 2 is 1.04 bits per heavy atom. The second-order valence-electron chi connectivity index (χ2n) is 6.93. The Kier molecular flexibility index (Phi) is 8.95. The van der Waals surface area contributed by atoms with E-state index in [0.717, 1.165) is 50.6 Å². The molecule has 0 N–H and O–H groups in total. The van der Waals surface area contributed by atoms with E-state index in [1.807, 2.05) is 0 Å². The zero-order chi connectivity index (χ0) is 17.8. The quantitative estimate of drug-likeness (QED) is 0.396. The summed E-state index contributed by atoms with van der Waals surface area (Å²) in [5.74, 6) is 0. The van der Waals surface area contributed by atoms with Crippen molar-refractivity contribution >= 4 is 8.07 Å². The molecule has 0 fully saturated rings. The zero-order valence-electron chi connectivity index (χ0n) is 15.7. The average Bonchev–Trinajstić information content (AvgIpc) is 2.64. The van der Waals surface area contributed by atoms with E-state index in [0.29, 0.717) is 0 Å². The van der Waals surface area contributed by atoms with Crippen molar-refractivity contribution in [2.24, 2.45) is 0 Å². The monoisotopic (exact) mass is 356 g/mol. The van der Waals surface area contributed by atoms with Crippen molar-refractivity contribution in [3.8, 4) is 0 Å². The molecule has 0 atom stereocenters. The molecule has 0 aliphatic heterocycles. The van der Waals surface area contributed by atoms with Gasteiger partial charge in [0.2, 0.25) is 0 Å². The van der Waals surface area contributed by atoms with Gasteiger partial charge in [-0.25, -0.2) is 0 Å². The third kappa shape index (κ3) is 7.15. The molecule has 0 heterocycles. The van der Waals surface area contributed by atoms with Crippen LogP contribution in [0.2, 0.25) is 0 Å². The highest BCUT2D eigenvalue weighted by Gasteiger charge is 2.34.